The van der Waals surface area contributed by atoms with Gasteiger partial charge in [0.1, 0.15) is 5.75 Å². The van der Waals surface area contributed by atoms with Crippen LogP contribution in [0.4, 0.5) is 0 Å². The van der Waals surface area contributed by atoms with Gasteiger partial charge in [-0.3, -0.25) is 0 Å². The summed E-state index contributed by atoms with van der Waals surface area (Å²) in [6, 6.07) is 14.2. The van der Waals surface area contributed by atoms with Crippen LogP contribution in [0.1, 0.15) is 17.2 Å². The quantitative estimate of drug-likeness (QED) is 0.779. The van der Waals surface area contributed by atoms with E-state index >= 15 is 0 Å². The minimum absolute atomic E-state index is 0. The predicted octanol–water partition coefficient (Wildman–Crippen LogP) is 4.38. The van der Waals surface area contributed by atoms with Crippen LogP contribution in [-0.4, -0.2) is 7.11 Å². The Kier molecular flexibility index (Phi) is 4.65. The zero-order valence-corrected chi connectivity index (χ0v) is 12.7. The molecule has 0 saturated heterocycles. The number of ether oxygens (including phenoxy) is 1. The Hall–Kier alpha value is -1.55. The number of thiophene rings is 1. The van der Waals surface area contributed by atoms with Gasteiger partial charge in [-0.2, -0.15) is 11.3 Å². The summed E-state index contributed by atoms with van der Waals surface area (Å²) < 4.78 is 5.41. The van der Waals surface area contributed by atoms with E-state index in [0.29, 0.717) is 0 Å². The van der Waals surface area contributed by atoms with Crippen molar-refractivity contribution in [2.24, 2.45) is 5.73 Å². The van der Waals surface area contributed by atoms with Gasteiger partial charge < -0.3 is 10.5 Å². The van der Waals surface area contributed by atoms with Crippen LogP contribution in [0.3, 0.4) is 0 Å². The molecule has 3 aromatic rings. The lowest BCUT2D eigenvalue weighted by Gasteiger charge is -2.15. The number of hydrogen-bond donors (Lipinski definition) is 1. The first-order chi connectivity index (χ1) is 9.31. The van der Waals surface area contributed by atoms with Crippen LogP contribution in [0.25, 0.3) is 10.8 Å². The number of hydrogen-bond acceptors (Lipinski definition) is 3. The maximum absolute atomic E-state index is 6.38. The Bertz CT molecular complexity index is 697. The highest BCUT2D eigenvalue weighted by molar-refractivity contribution is 7.08. The largest absolute Gasteiger partial charge is 0.496 e. The summed E-state index contributed by atoms with van der Waals surface area (Å²) in [6.45, 7) is 0. The second kappa shape index (κ2) is 6.27. The molecule has 0 radical (unpaired) electrons. The van der Waals surface area contributed by atoms with Crippen LogP contribution in [0.2, 0.25) is 0 Å². The van der Waals surface area contributed by atoms with Crippen molar-refractivity contribution in [2.45, 2.75) is 6.04 Å². The SMILES string of the molecule is COc1ccc([C@@H](N)c2ccsc2)c2ccccc12.Cl. The summed E-state index contributed by atoms with van der Waals surface area (Å²) >= 11 is 1.67. The summed E-state index contributed by atoms with van der Waals surface area (Å²) in [5, 5.41) is 6.42. The molecule has 1 atom stereocenters. The molecule has 4 heteroatoms. The van der Waals surface area contributed by atoms with E-state index in [9.17, 15) is 0 Å². The molecule has 3 rings (SSSR count). The van der Waals surface area contributed by atoms with Crippen LogP contribution in [0, 0.1) is 0 Å². The Morgan fingerprint density at radius 2 is 1.80 bits per heavy atom. The third kappa shape index (κ3) is 2.52. The molecule has 20 heavy (non-hydrogen) atoms. The summed E-state index contributed by atoms with van der Waals surface area (Å²) in [5.41, 5.74) is 8.67. The highest BCUT2D eigenvalue weighted by atomic mass is 35.5. The number of rotatable bonds is 3. The van der Waals surface area contributed by atoms with Crippen molar-refractivity contribution in [1.29, 1.82) is 0 Å². The molecule has 0 amide bonds. The van der Waals surface area contributed by atoms with Crippen molar-refractivity contribution < 1.29 is 4.74 Å². The Balaban J connectivity index is 0.00000147. The zero-order chi connectivity index (χ0) is 13.2. The molecule has 0 fully saturated rings. The maximum atomic E-state index is 6.38. The minimum atomic E-state index is -0.0953. The van der Waals surface area contributed by atoms with E-state index in [4.69, 9.17) is 10.5 Å². The molecule has 0 unspecified atom stereocenters. The lowest BCUT2D eigenvalue weighted by Crippen LogP contribution is -2.11. The average Bonchev–Trinajstić information content (AvgIpc) is 2.99. The van der Waals surface area contributed by atoms with Crippen LogP contribution in [0.5, 0.6) is 5.75 Å². The lowest BCUT2D eigenvalue weighted by atomic mass is 9.95. The first kappa shape index (κ1) is 14.9. The highest BCUT2D eigenvalue weighted by Crippen LogP contribution is 2.33. The van der Waals surface area contributed by atoms with Gasteiger partial charge >= 0.3 is 0 Å². The topological polar surface area (TPSA) is 35.2 Å². The molecular formula is C16H16ClNOS. The number of halogens is 1. The molecule has 104 valence electrons. The summed E-state index contributed by atoms with van der Waals surface area (Å²) in [7, 11) is 1.69. The first-order valence-corrected chi connectivity index (χ1v) is 7.09. The molecule has 2 aromatic carbocycles. The summed E-state index contributed by atoms with van der Waals surface area (Å²) in [6.07, 6.45) is 0. The summed E-state index contributed by atoms with van der Waals surface area (Å²) in [5.74, 6) is 0.886. The molecule has 2 nitrogen and oxygen atoms in total. The van der Waals surface area contributed by atoms with Gasteiger partial charge in [-0.05, 0) is 39.4 Å². The molecule has 0 saturated carbocycles. The summed E-state index contributed by atoms with van der Waals surface area (Å²) in [4.78, 5) is 0. The van der Waals surface area contributed by atoms with E-state index in [1.807, 2.05) is 18.2 Å². The van der Waals surface area contributed by atoms with Crippen molar-refractivity contribution in [3.63, 3.8) is 0 Å². The Morgan fingerprint density at radius 3 is 2.45 bits per heavy atom. The molecule has 0 aliphatic heterocycles. The van der Waals surface area contributed by atoms with E-state index in [-0.39, 0.29) is 18.4 Å². The van der Waals surface area contributed by atoms with Crippen LogP contribution in [0.15, 0.2) is 53.2 Å². The molecule has 0 aliphatic carbocycles. The molecule has 1 aromatic heterocycles. The van der Waals surface area contributed by atoms with E-state index < -0.39 is 0 Å². The van der Waals surface area contributed by atoms with Crippen LogP contribution < -0.4 is 10.5 Å². The van der Waals surface area contributed by atoms with Crippen molar-refractivity contribution in [3.8, 4) is 5.75 Å². The van der Waals surface area contributed by atoms with Gasteiger partial charge in [0.15, 0.2) is 0 Å². The fourth-order valence-electron chi connectivity index (χ4n) is 2.38. The maximum Gasteiger partial charge on any atom is 0.126 e. The van der Waals surface area contributed by atoms with E-state index in [1.54, 1.807) is 18.4 Å². The number of fused-ring (bicyclic) bond motifs is 1. The average molecular weight is 306 g/mol. The predicted molar refractivity (Wildman–Crippen MR) is 88.1 cm³/mol. The molecular weight excluding hydrogens is 290 g/mol. The number of methoxy groups -OCH3 is 1. The van der Waals surface area contributed by atoms with Gasteiger partial charge in [0.2, 0.25) is 0 Å². The normalized spacial score (nSPS) is 11.9. The Morgan fingerprint density at radius 1 is 1.05 bits per heavy atom. The van der Waals surface area contributed by atoms with Crippen molar-refractivity contribution in [1.82, 2.24) is 0 Å². The minimum Gasteiger partial charge on any atom is -0.496 e. The van der Waals surface area contributed by atoms with E-state index in [0.717, 1.165) is 27.6 Å². The molecule has 1 heterocycles. The Labute approximate surface area is 128 Å². The first-order valence-electron chi connectivity index (χ1n) is 6.14. The highest BCUT2D eigenvalue weighted by Gasteiger charge is 2.14. The van der Waals surface area contributed by atoms with Crippen LogP contribution >= 0.6 is 23.7 Å². The van der Waals surface area contributed by atoms with Gasteiger partial charge in [-0.1, -0.05) is 30.3 Å². The van der Waals surface area contributed by atoms with E-state index in [1.165, 1.54) is 0 Å². The van der Waals surface area contributed by atoms with Gasteiger partial charge in [0.05, 0.1) is 13.2 Å². The van der Waals surface area contributed by atoms with Gasteiger partial charge in [0.25, 0.3) is 0 Å². The molecule has 0 aliphatic rings. The number of nitrogens with two attached hydrogens (primary N) is 1. The third-order valence-electron chi connectivity index (χ3n) is 3.38. The van der Waals surface area contributed by atoms with Gasteiger partial charge in [-0.25, -0.2) is 0 Å². The molecule has 2 N–H and O–H groups in total. The lowest BCUT2D eigenvalue weighted by molar-refractivity contribution is 0.419. The van der Waals surface area contributed by atoms with Crippen molar-refractivity contribution >= 4 is 34.5 Å². The fourth-order valence-corrected chi connectivity index (χ4v) is 3.07. The van der Waals surface area contributed by atoms with Gasteiger partial charge in [0, 0.05) is 5.39 Å². The van der Waals surface area contributed by atoms with E-state index in [2.05, 4.69) is 35.0 Å². The molecule has 0 spiro atoms. The van der Waals surface area contributed by atoms with Crippen LogP contribution in [-0.2, 0) is 0 Å². The smallest absolute Gasteiger partial charge is 0.126 e. The zero-order valence-electron chi connectivity index (χ0n) is 11.1. The van der Waals surface area contributed by atoms with Crippen molar-refractivity contribution in [3.05, 3.63) is 64.4 Å². The fraction of sp³-hybridized carbons (Fsp3) is 0.125. The van der Waals surface area contributed by atoms with Crippen molar-refractivity contribution in [2.75, 3.05) is 7.11 Å². The standard InChI is InChI=1S/C16H15NOS.ClH/c1-18-15-7-6-14(12-4-2-3-5-13(12)15)16(17)11-8-9-19-10-11;/h2-10,16H,17H2,1H3;1H/t16-;/m0./s1. The third-order valence-corrected chi connectivity index (χ3v) is 4.08. The molecule has 0 bridgehead atoms. The monoisotopic (exact) mass is 305 g/mol. The second-order valence-corrected chi connectivity index (χ2v) is 5.22. The van der Waals surface area contributed by atoms with Gasteiger partial charge in [-0.15, -0.1) is 12.4 Å². The second-order valence-electron chi connectivity index (χ2n) is 4.44. The number of benzene rings is 2.